The first-order chi connectivity index (χ1) is 19.3. The van der Waals surface area contributed by atoms with E-state index in [9.17, 15) is 4.79 Å². The normalized spacial score (nSPS) is 18.5. The number of amides is 1. The Morgan fingerprint density at radius 1 is 1.18 bits per heavy atom. The van der Waals surface area contributed by atoms with Crippen molar-refractivity contribution in [2.75, 3.05) is 101 Å². The van der Waals surface area contributed by atoms with E-state index in [1.807, 2.05) is 19.0 Å². The van der Waals surface area contributed by atoms with Crippen molar-refractivity contribution in [2.45, 2.75) is 6.17 Å². The summed E-state index contributed by atoms with van der Waals surface area (Å²) in [5.74, 6) is 2.19. The van der Waals surface area contributed by atoms with Crippen molar-refractivity contribution in [1.29, 1.82) is 0 Å². The molecular formula is C26H37N11O3. The van der Waals surface area contributed by atoms with Gasteiger partial charge in [-0.3, -0.25) is 10.0 Å². The highest BCUT2D eigenvalue weighted by atomic mass is 16.5. The zero-order chi connectivity index (χ0) is 28.2. The highest BCUT2D eigenvalue weighted by Gasteiger charge is 2.34. The lowest BCUT2D eigenvalue weighted by molar-refractivity contribution is 0.0705. The molecule has 2 aromatic heterocycles. The number of aromatic nitrogens is 4. The minimum absolute atomic E-state index is 0.124. The maximum absolute atomic E-state index is 11.6. The monoisotopic (exact) mass is 551 g/mol. The number of fused-ring (bicyclic) bond motifs is 1. The van der Waals surface area contributed by atoms with Gasteiger partial charge in [-0.2, -0.15) is 0 Å². The van der Waals surface area contributed by atoms with Crippen LogP contribution in [0.2, 0.25) is 0 Å². The van der Waals surface area contributed by atoms with Gasteiger partial charge in [-0.25, -0.2) is 25.4 Å². The zero-order valence-electron chi connectivity index (χ0n) is 23.4. The third kappa shape index (κ3) is 5.93. The number of rotatable bonds is 9. The van der Waals surface area contributed by atoms with E-state index in [-0.39, 0.29) is 11.7 Å². The Kier molecular flexibility index (Phi) is 8.28. The van der Waals surface area contributed by atoms with Crippen LogP contribution in [0.4, 0.5) is 23.3 Å². The Bertz CT molecular complexity index is 1260. The molecule has 14 nitrogen and oxygen atoms in total. The summed E-state index contributed by atoms with van der Waals surface area (Å²) in [6, 6.07) is 0. The minimum atomic E-state index is -0.657. The number of carbonyl (C=O) groups excluding carboxylic acids is 1. The number of hydroxylamine groups is 1. The topological polar surface area (TPSA) is 138 Å². The van der Waals surface area contributed by atoms with Gasteiger partial charge in [0.2, 0.25) is 5.95 Å². The number of anilines is 4. The van der Waals surface area contributed by atoms with Crippen molar-refractivity contribution in [2.24, 2.45) is 0 Å². The summed E-state index contributed by atoms with van der Waals surface area (Å²) in [4.78, 5) is 41.0. The summed E-state index contributed by atoms with van der Waals surface area (Å²) in [7, 11) is 8.06. The first kappa shape index (κ1) is 27.6. The number of morpholine rings is 1. The fraction of sp³-hybridized carbons (Fsp3) is 0.500. The van der Waals surface area contributed by atoms with E-state index in [4.69, 9.17) is 19.9 Å². The molecule has 14 heteroatoms. The Labute approximate surface area is 233 Å². The number of hydrogen-bond donors (Lipinski definition) is 3. The molecule has 40 heavy (non-hydrogen) atoms. The van der Waals surface area contributed by atoms with Crippen LogP contribution < -0.4 is 25.5 Å². The van der Waals surface area contributed by atoms with Crippen LogP contribution in [-0.4, -0.2) is 128 Å². The highest BCUT2D eigenvalue weighted by Crippen LogP contribution is 2.40. The SMILES string of the molecule is CN(C)CCN1C=C(c2nc(N3CCOCC3)c3c(n2)N(C)C(CN(C)c2ncc(C(=O)NO)cn2)N3)C=CC1. The lowest BCUT2D eigenvalue weighted by Crippen LogP contribution is -2.43. The molecule has 1 saturated heterocycles. The van der Waals surface area contributed by atoms with Crippen molar-refractivity contribution < 1.29 is 14.7 Å². The molecule has 1 amide bonds. The van der Waals surface area contributed by atoms with Gasteiger partial charge >= 0.3 is 0 Å². The fourth-order valence-electron chi connectivity index (χ4n) is 4.80. The molecule has 0 aromatic carbocycles. The number of ether oxygens (including phenoxy) is 1. The van der Waals surface area contributed by atoms with Crippen LogP contribution >= 0.6 is 0 Å². The first-order valence-corrected chi connectivity index (χ1v) is 13.3. The molecule has 3 aliphatic heterocycles. The summed E-state index contributed by atoms with van der Waals surface area (Å²) in [6.45, 7) is 6.10. The average molecular weight is 552 g/mol. The van der Waals surface area contributed by atoms with Gasteiger partial charge in [-0.05, 0) is 14.1 Å². The second kappa shape index (κ2) is 12.0. The number of allylic oxidation sites excluding steroid dienone is 2. The maximum atomic E-state index is 11.6. The van der Waals surface area contributed by atoms with E-state index >= 15 is 0 Å². The molecule has 0 bridgehead atoms. The minimum Gasteiger partial charge on any atom is -0.378 e. The summed E-state index contributed by atoms with van der Waals surface area (Å²) in [5, 5.41) is 12.5. The van der Waals surface area contributed by atoms with Crippen LogP contribution in [0, 0.1) is 0 Å². The Morgan fingerprint density at radius 3 is 2.60 bits per heavy atom. The second-order valence-electron chi connectivity index (χ2n) is 10.3. The first-order valence-electron chi connectivity index (χ1n) is 13.3. The molecule has 1 unspecified atom stereocenters. The van der Waals surface area contributed by atoms with Gasteiger partial charge in [0.15, 0.2) is 17.5 Å². The van der Waals surface area contributed by atoms with Crippen LogP contribution in [0.1, 0.15) is 16.2 Å². The number of nitrogens with one attached hydrogen (secondary N) is 2. The molecular weight excluding hydrogens is 514 g/mol. The van der Waals surface area contributed by atoms with E-state index in [0.717, 1.165) is 55.6 Å². The third-order valence-electron chi connectivity index (χ3n) is 7.14. The summed E-state index contributed by atoms with van der Waals surface area (Å²) < 4.78 is 5.61. The Hall–Kier alpha value is -4.01. The number of likely N-dealkylation sites (N-methyl/N-ethyl adjacent to an activating group) is 3. The lowest BCUT2D eigenvalue weighted by Gasteiger charge is -2.30. The predicted octanol–water partition coefficient (Wildman–Crippen LogP) is 0.321. The maximum Gasteiger partial charge on any atom is 0.277 e. The standard InChI is InChI=1S/C26H37N11O3/c1-33(2)8-9-36-7-5-6-18(16-36)22-30-23-21(24(31-22)37-10-12-40-13-11-37)29-20(35(23)4)17-34(3)26-27-14-19(15-28-26)25(38)32-39/h5-6,14-16,20,29,39H,7-13,17H2,1-4H3,(H,32,38). The van der Waals surface area contributed by atoms with E-state index in [0.29, 0.717) is 31.5 Å². The summed E-state index contributed by atoms with van der Waals surface area (Å²) in [6.07, 6.45) is 9.05. The van der Waals surface area contributed by atoms with Crippen molar-refractivity contribution in [3.63, 3.8) is 0 Å². The van der Waals surface area contributed by atoms with Crippen molar-refractivity contribution in [1.82, 2.24) is 35.2 Å². The molecule has 0 radical (unpaired) electrons. The van der Waals surface area contributed by atoms with Gasteiger partial charge in [0.1, 0.15) is 11.9 Å². The van der Waals surface area contributed by atoms with Crippen LogP contribution in [0.3, 0.4) is 0 Å². The molecule has 0 aliphatic carbocycles. The van der Waals surface area contributed by atoms with Gasteiger partial charge in [0, 0.05) is 71.0 Å². The zero-order valence-corrected chi connectivity index (χ0v) is 23.4. The number of hydrogen-bond acceptors (Lipinski definition) is 13. The van der Waals surface area contributed by atoms with Gasteiger partial charge in [-0.15, -0.1) is 0 Å². The van der Waals surface area contributed by atoms with Gasteiger partial charge < -0.3 is 34.6 Å². The average Bonchev–Trinajstić information content (AvgIpc) is 3.30. The largest absolute Gasteiger partial charge is 0.378 e. The van der Waals surface area contributed by atoms with Crippen LogP contribution in [0.25, 0.3) is 5.57 Å². The molecule has 0 saturated carbocycles. The van der Waals surface area contributed by atoms with E-state index in [2.05, 4.69) is 67.3 Å². The van der Waals surface area contributed by atoms with Crippen molar-refractivity contribution in [3.05, 3.63) is 42.1 Å². The fourth-order valence-corrected chi connectivity index (χ4v) is 4.80. The van der Waals surface area contributed by atoms with Gasteiger partial charge in [-0.1, -0.05) is 12.2 Å². The van der Waals surface area contributed by atoms with Gasteiger partial charge in [0.25, 0.3) is 5.91 Å². The van der Waals surface area contributed by atoms with Crippen LogP contribution in [0.15, 0.2) is 30.7 Å². The molecule has 5 rings (SSSR count). The van der Waals surface area contributed by atoms with Crippen molar-refractivity contribution in [3.8, 4) is 0 Å². The molecule has 2 aromatic rings. The molecule has 3 aliphatic rings. The molecule has 1 fully saturated rings. The molecule has 1 atom stereocenters. The summed E-state index contributed by atoms with van der Waals surface area (Å²) >= 11 is 0. The lowest BCUT2D eigenvalue weighted by atomic mass is 10.2. The van der Waals surface area contributed by atoms with Gasteiger partial charge in [0.05, 0.1) is 25.3 Å². The predicted molar refractivity (Wildman–Crippen MR) is 153 cm³/mol. The Balaban J connectivity index is 1.40. The smallest absolute Gasteiger partial charge is 0.277 e. The second-order valence-corrected chi connectivity index (χ2v) is 10.3. The Morgan fingerprint density at radius 2 is 1.90 bits per heavy atom. The van der Waals surface area contributed by atoms with Crippen LogP contribution in [0.5, 0.6) is 0 Å². The summed E-state index contributed by atoms with van der Waals surface area (Å²) in [5.41, 5.74) is 3.64. The molecule has 3 N–H and O–H groups in total. The number of nitrogens with zero attached hydrogens (tertiary/aromatic N) is 9. The molecule has 214 valence electrons. The van der Waals surface area contributed by atoms with E-state index in [1.165, 1.54) is 12.4 Å². The molecule has 0 spiro atoms. The highest BCUT2D eigenvalue weighted by molar-refractivity contribution is 5.92. The molecule has 5 heterocycles. The quantitative estimate of drug-likeness (QED) is 0.292. The van der Waals surface area contributed by atoms with Crippen molar-refractivity contribution >= 4 is 34.8 Å². The van der Waals surface area contributed by atoms with Crippen LogP contribution in [-0.2, 0) is 4.74 Å². The van der Waals surface area contributed by atoms with E-state index in [1.54, 1.807) is 5.48 Å². The number of carbonyl (C=O) groups is 1. The van der Waals surface area contributed by atoms with E-state index < -0.39 is 5.91 Å². The third-order valence-corrected chi connectivity index (χ3v) is 7.14.